The first-order valence-electron chi connectivity index (χ1n) is 21.5. The van der Waals surface area contributed by atoms with Crippen molar-refractivity contribution >= 4 is 19.8 Å². The third-order valence-electron chi connectivity index (χ3n) is 9.71. The quantitative estimate of drug-likeness (QED) is 0.0151. The molecule has 4 atom stereocenters. The van der Waals surface area contributed by atoms with Gasteiger partial charge in [0.2, 0.25) is 0 Å². The van der Waals surface area contributed by atoms with E-state index in [9.17, 15) is 19.0 Å². The summed E-state index contributed by atoms with van der Waals surface area (Å²) in [6, 6.07) is 0. The Morgan fingerprint density at radius 1 is 0.679 bits per heavy atom. The Morgan fingerprint density at radius 2 is 1.21 bits per heavy atom. The van der Waals surface area contributed by atoms with E-state index in [0.29, 0.717) is 29.7 Å². The Labute approximate surface area is 324 Å². The van der Waals surface area contributed by atoms with Crippen LogP contribution < -0.4 is 4.89 Å². The lowest BCUT2D eigenvalue weighted by Gasteiger charge is -2.28. The van der Waals surface area contributed by atoms with Crippen LogP contribution >= 0.6 is 7.82 Å². The van der Waals surface area contributed by atoms with Gasteiger partial charge in [-0.05, 0) is 38.5 Å². The maximum absolute atomic E-state index is 12.7. The number of likely N-dealkylation sites (N-methyl/N-ethyl adjacent to an activating group) is 1. The summed E-state index contributed by atoms with van der Waals surface area (Å²) in [4.78, 5) is 37.5. The number of epoxide rings is 1. The van der Waals surface area contributed by atoms with E-state index in [-0.39, 0.29) is 32.0 Å². The molecule has 0 spiro atoms. The molecule has 1 aliphatic rings. The minimum atomic E-state index is -4.62. The zero-order valence-corrected chi connectivity index (χ0v) is 35.6. The summed E-state index contributed by atoms with van der Waals surface area (Å²) in [5, 5.41) is 0. The molecule has 0 bridgehead atoms. The molecule has 0 amide bonds. The molecule has 1 rings (SSSR count). The zero-order valence-electron chi connectivity index (χ0n) is 34.7. The predicted octanol–water partition coefficient (Wildman–Crippen LogP) is 10.2. The highest BCUT2D eigenvalue weighted by Crippen LogP contribution is 2.38. The second kappa shape index (κ2) is 31.9. The smallest absolute Gasteiger partial charge is 0.306 e. The van der Waals surface area contributed by atoms with Crippen molar-refractivity contribution in [1.82, 2.24) is 0 Å². The Bertz CT molecular complexity index is 986. The average Bonchev–Trinajstić information content (AvgIpc) is 3.86. The summed E-state index contributed by atoms with van der Waals surface area (Å²) in [6.45, 7) is 4.18. The van der Waals surface area contributed by atoms with Crippen molar-refractivity contribution in [1.29, 1.82) is 0 Å². The van der Waals surface area contributed by atoms with E-state index in [1.807, 2.05) is 21.1 Å². The number of phosphoric acid groups is 1. The first-order valence-corrected chi connectivity index (χ1v) is 23.0. The van der Waals surface area contributed by atoms with Gasteiger partial charge >= 0.3 is 11.9 Å². The van der Waals surface area contributed by atoms with Gasteiger partial charge in [-0.3, -0.25) is 14.2 Å². The number of rotatable bonds is 38. The number of unbranched alkanes of at least 4 members (excludes halogenated alkanes) is 19. The molecule has 10 nitrogen and oxygen atoms in total. The number of quaternary nitrogens is 1. The Hall–Kier alpha value is -1.29. The minimum absolute atomic E-state index is 0.0336. The van der Waals surface area contributed by atoms with Gasteiger partial charge in [0.05, 0.1) is 40.0 Å². The fourth-order valence-corrected chi connectivity index (χ4v) is 6.92. The number of carbonyl (C=O) groups excluding carboxylic acids is 2. The molecular weight excluding hydrogens is 693 g/mol. The Kier molecular flexibility index (Phi) is 29.9. The van der Waals surface area contributed by atoms with Crippen molar-refractivity contribution < 1.29 is 46.8 Å². The maximum atomic E-state index is 12.7. The molecule has 11 heteroatoms. The summed E-state index contributed by atoms with van der Waals surface area (Å²) in [5.74, 6) is -0.850. The molecule has 0 N–H and O–H groups in total. The van der Waals surface area contributed by atoms with E-state index in [0.717, 1.165) is 57.8 Å². The van der Waals surface area contributed by atoms with E-state index in [1.165, 1.54) is 89.9 Å². The molecule has 312 valence electrons. The molecule has 0 aliphatic carbocycles. The second-order valence-corrected chi connectivity index (χ2v) is 17.5. The molecule has 1 saturated heterocycles. The number of carbonyl (C=O) groups is 2. The Morgan fingerprint density at radius 3 is 1.79 bits per heavy atom. The van der Waals surface area contributed by atoms with Crippen LogP contribution in [-0.2, 0) is 37.4 Å². The fourth-order valence-electron chi connectivity index (χ4n) is 6.19. The SMILES string of the molecule is CCCCCCCCCCCCCCCC(=O)OC[C@H](COP(=O)([O-])OCC[N+](C)(C)C)OC(=O)CCCCCCC/C=C\CC1OC1CCCCC. The second-order valence-electron chi connectivity index (χ2n) is 16.1. The molecule has 1 aliphatic heterocycles. The number of allylic oxidation sites excluding steroid dienone is 1. The molecule has 53 heavy (non-hydrogen) atoms. The molecule has 0 saturated carbocycles. The van der Waals surface area contributed by atoms with Crippen LogP contribution in [0.25, 0.3) is 0 Å². The molecular formula is C42H80NO9P. The standard InChI is InChI=1S/C42H80NO9P/c1-6-8-10-11-12-13-14-15-16-17-21-24-28-32-41(44)48-36-38(37-50-53(46,47)49-35-34-43(3,4)5)51-42(45)33-29-25-22-19-18-20-23-27-31-40-39(52-40)30-26-9-7-2/h23,27,38-40H,6-22,24-26,28-37H2,1-5H3/b27-23-/t38-,39?,40?/m1/s1. The predicted molar refractivity (Wildman–Crippen MR) is 212 cm³/mol. The van der Waals surface area contributed by atoms with Crippen LogP contribution in [0.4, 0.5) is 0 Å². The van der Waals surface area contributed by atoms with Crippen LogP contribution in [0.15, 0.2) is 12.2 Å². The molecule has 1 fully saturated rings. The third-order valence-corrected chi connectivity index (χ3v) is 10.7. The molecule has 0 aromatic rings. The summed E-state index contributed by atoms with van der Waals surface area (Å²) in [6.07, 6.45) is 32.6. The third kappa shape index (κ3) is 32.6. The van der Waals surface area contributed by atoms with Crippen molar-refractivity contribution in [3.05, 3.63) is 12.2 Å². The number of hydrogen-bond acceptors (Lipinski definition) is 9. The van der Waals surface area contributed by atoms with Gasteiger partial charge < -0.3 is 32.6 Å². The highest BCUT2D eigenvalue weighted by atomic mass is 31.2. The summed E-state index contributed by atoms with van der Waals surface area (Å²) in [5.41, 5.74) is 0. The highest BCUT2D eigenvalue weighted by molar-refractivity contribution is 7.45. The van der Waals surface area contributed by atoms with Gasteiger partial charge in [0.1, 0.15) is 19.8 Å². The van der Waals surface area contributed by atoms with E-state index < -0.39 is 26.5 Å². The van der Waals surface area contributed by atoms with Crippen molar-refractivity contribution in [2.45, 2.75) is 199 Å². The van der Waals surface area contributed by atoms with Gasteiger partial charge in [-0.2, -0.15) is 0 Å². The van der Waals surface area contributed by atoms with Crippen molar-refractivity contribution in [2.24, 2.45) is 0 Å². The topological polar surface area (TPSA) is 124 Å². The lowest BCUT2D eigenvalue weighted by Crippen LogP contribution is -2.37. The monoisotopic (exact) mass is 774 g/mol. The normalized spacial score (nSPS) is 17.5. The number of nitrogens with zero attached hydrogens (tertiary/aromatic N) is 1. The highest BCUT2D eigenvalue weighted by Gasteiger charge is 2.36. The van der Waals surface area contributed by atoms with Crippen LogP contribution in [0, 0.1) is 0 Å². The van der Waals surface area contributed by atoms with Gasteiger partial charge in [0, 0.05) is 12.8 Å². The van der Waals surface area contributed by atoms with E-state index >= 15 is 0 Å². The number of phosphoric ester groups is 1. The van der Waals surface area contributed by atoms with Crippen molar-refractivity contribution in [3.63, 3.8) is 0 Å². The van der Waals surface area contributed by atoms with E-state index in [1.54, 1.807) is 0 Å². The maximum Gasteiger partial charge on any atom is 0.306 e. The van der Waals surface area contributed by atoms with Gasteiger partial charge in [0.15, 0.2) is 6.10 Å². The zero-order chi connectivity index (χ0) is 39.0. The Balaban J connectivity index is 2.28. The van der Waals surface area contributed by atoms with Gasteiger partial charge in [-0.25, -0.2) is 0 Å². The molecule has 0 radical (unpaired) electrons. The first kappa shape index (κ1) is 49.7. The van der Waals surface area contributed by atoms with Crippen LogP contribution in [-0.4, -0.2) is 82.2 Å². The minimum Gasteiger partial charge on any atom is -0.756 e. The lowest BCUT2D eigenvalue weighted by atomic mass is 10.0. The molecule has 0 aromatic carbocycles. The number of esters is 2. The molecule has 0 aromatic heterocycles. The van der Waals surface area contributed by atoms with Crippen LogP contribution in [0.2, 0.25) is 0 Å². The van der Waals surface area contributed by atoms with Crippen LogP contribution in [0.3, 0.4) is 0 Å². The number of ether oxygens (including phenoxy) is 3. The number of hydrogen-bond donors (Lipinski definition) is 0. The van der Waals surface area contributed by atoms with E-state index in [4.69, 9.17) is 23.3 Å². The largest absolute Gasteiger partial charge is 0.756 e. The summed E-state index contributed by atoms with van der Waals surface area (Å²) < 4.78 is 39.6. The van der Waals surface area contributed by atoms with Crippen LogP contribution in [0.1, 0.15) is 181 Å². The van der Waals surface area contributed by atoms with Gasteiger partial charge in [-0.1, -0.05) is 142 Å². The van der Waals surface area contributed by atoms with Crippen molar-refractivity contribution in [2.75, 3.05) is 47.5 Å². The molecule has 1 heterocycles. The summed E-state index contributed by atoms with van der Waals surface area (Å²) >= 11 is 0. The van der Waals surface area contributed by atoms with Crippen molar-refractivity contribution in [3.8, 4) is 0 Å². The summed E-state index contributed by atoms with van der Waals surface area (Å²) in [7, 11) is 1.15. The van der Waals surface area contributed by atoms with Gasteiger partial charge in [-0.15, -0.1) is 0 Å². The fraction of sp³-hybridized carbons (Fsp3) is 0.905. The van der Waals surface area contributed by atoms with E-state index in [2.05, 4.69) is 26.0 Å². The van der Waals surface area contributed by atoms with Crippen LogP contribution in [0.5, 0.6) is 0 Å². The molecule has 3 unspecified atom stereocenters. The first-order chi connectivity index (χ1) is 25.5. The average molecular weight is 774 g/mol. The van der Waals surface area contributed by atoms with Gasteiger partial charge in [0.25, 0.3) is 7.82 Å². The lowest BCUT2D eigenvalue weighted by molar-refractivity contribution is -0.870.